The number of amides is 1. The Kier molecular flexibility index (Phi) is 4.27. The summed E-state index contributed by atoms with van der Waals surface area (Å²) in [6.45, 7) is 0.256. The van der Waals surface area contributed by atoms with Crippen molar-refractivity contribution in [1.29, 1.82) is 0 Å². The summed E-state index contributed by atoms with van der Waals surface area (Å²) in [6, 6.07) is 6.47. The Morgan fingerprint density at radius 1 is 1.33 bits per heavy atom. The lowest BCUT2D eigenvalue weighted by atomic mass is 10.1. The lowest BCUT2D eigenvalue weighted by Crippen LogP contribution is -2.30. The lowest BCUT2D eigenvalue weighted by Gasteiger charge is -2.19. The van der Waals surface area contributed by atoms with E-state index in [0.717, 1.165) is 18.4 Å². The van der Waals surface area contributed by atoms with Crippen molar-refractivity contribution in [3.63, 3.8) is 0 Å². The molecular weight excluding hydrogens is 327 g/mol. The minimum atomic E-state index is -4.67. The third-order valence-electron chi connectivity index (χ3n) is 3.60. The highest BCUT2D eigenvalue weighted by molar-refractivity contribution is 5.80. The number of aromatic nitrogens is 2. The van der Waals surface area contributed by atoms with Crippen molar-refractivity contribution in [2.45, 2.75) is 25.6 Å². The second-order valence-electron chi connectivity index (χ2n) is 5.45. The van der Waals surface area contributed by atoms with E-state index >= 15 is 0 Å². The lowest BCUT2D eigenvalue weighted by molar-refractivity contribution is -0.180. The summed E-state index contributed by atoms with van der Waals surface area (Å²) < 4.78 is 41.6. The Balaban J connectivity index is 1.71. The van der Waals surface area contributed by atoms with Gasteiger partial charge >= 0.3 is 12.1 Å². The number of hydroxylamine groups is 2. The molecule has 0 spiro atoms. The van der Waals surface area contributed by atoms with Crippen molar-refractivity contribution in [2.24, 2.45) is 5.92 Å². The summed E-state index contributed by atoms with van der Waals surface area (Å²) in [5.74, 6) is -1.56. The van der Waals surface area contributed by atoms with Gasteiger partial charge in [0.1, 0.15) is 0 Å². The number of hydrogen-bond donors (Lipinski definition) is 0. The van der Waals surface area contributed by atoms with E-state index in [9.17, 15) is 18.0 Å². The summed E-state index contributed by atoms with van der Waals surface area (Å²) in [5, 5.41) is 4.60. The molecule has 1 aliphatic rings. The predicted octanol–water partition coefficient (Wildman–Crippen LogP) is 3.06. The molecule has 2 aromatic rings. The summed E-state index contributed by atoms with van der Waals surface area (Å²) in [5.41, 5.74) is 1.16. The molecule has 1 aromatic heterocycles. The van der Waals surface area contributed by atoms with Crippen molar-refractivity contribution in [3.8, 4) is 11.4 Å². The number of hydrogen-bond acceptors (Lipinski definition) is 5. The molecule has 6 nitrogen and oxygen atoms in total. The van der Waals surface area contributed by atoms with Gasteiger partial charge < -0.3 is 4.52 Å². The van der Waals surface area contributed by atoms with Crippen LogP contribution in [0, 0.1) is 5.92 Å². The quantitative estimate of drug-likeness (QED) is 0.782. The molecule has 0 saturated heterocycles. The highest BCUT2D eigenvalue weighted by Crippen LogP contribution is 2.32. The van der Waals surface area contributed by atoms with Gasteiger partial charge in [0.05, 0.1) is 13.7 Å². The molecule has 9 heteroatoms. The zero-order valence-electron chi connectivity index (χ0n) is 12.7. The Bertz CT molecular complexity index is 724. The standard InChI is InChI=1S/C15H14F3N3O3/c1-23-21(13(22)11-6-7-11)8-9-2-4-10(5-3-9)12-19-14(24-20-12)15(16,17)18/h2-5,11H,6-8H2,1H3. The van der Waals surface area contributed by atoms with E-state index in [-0.39, 0.29) is 24.2 Å². The van der Waals surface area contributed by atoms with Crippen molar-refractivity contribution in [1.82, 2.24) is 15.2 Å². The summed E-state index contributed by atoms with van der Waals surface area (Å²) in [4.78, 5) is 20.4. The fourth-order valence-electron chi connectivity index (χ4n) is 2.15. The second-order valence-corrected chi connectivity index (χ2v) is 5.45. The molecule has 0 radical (unpaired) electrons. The van der Waals surface area contributed by atoms with Gasteiger partial charge in [0.25, 0.3) is 0 Å². The molecule has 0 N–H and O–H groups in total. The Labute approximate surface area is 135 Å². The van der Waals surface area contributed by atoms with E-state index in [2.05, 4.69) is 14.7 Å². The van der Waals surface area contributed by atoms with Gasteiger partial charge in [0.2, 0.25) is 11.7 Å². The van der Waals surface area contributed by atoms with Crippen LogP contribution in [0.3, 0.4) is 0 Å². The number of nitrogens with zero attached hydrogens (tertiary/aromatic N) is 3. The van der Waals surface area contributed by atoms with Crippen molar-refractivity contribution in [2.75, 3.05) is 7.11 Å². The average molecular weight is 341 g/mol. The molecule has 0 unspecified atom stereocenters. The van der Waals surface area contributed by atoms with E-state index in [1.165, 1.54) is 12.2 Å². The first-order chi connectivity index (χ1) is 11.4. The summed E-state index contributed by atoms with van der Waals surface area (Å²) >= 11 is 0. The van der Waals surface area contributed by atoms with E-state index in [1.54, 1.807) is 24.3 Å². The minimum absolute atomic E-state index is 0.0318. The minimum Gasteiger partial charge on any atom is -0.329 e. The molecule has 24 heavy (non-hydrogen) atoms. The van der Waals surface area contributed by atoms with Gasteiger partial charge in [0.15, 0.2) is 0 Å². The van der Waals surface area contributed by atoms with Gasteiger partial charge in [-0.05, 0) is 18.4 Å². The maximum atomic E-state index is 12.5. The molecule has 3 rings (SSSR count). The molecular formula is C15H14F3N3O3. The smallest absolute Gasteiger partial charge is 0.329 e. The Morgan fingerprint density at radius 3 is 2.50 bits per heavy atom. The molecule has 1 aromatic carbocycles. The van der Waals surface area contributed by atoms with Crippen LogP contribution in [0.5, 0.6) is 0 Å². The molecule has 0 aliphatic heterocycles. The van der Waals surface area contributed by atoms with Crippen LogP contribution >= 0.6 is 0 Å². The van der Waals surface area contributed by atoms with Crippen LogP contribution in [-0.2, 0) is 22.4 Å². The molecule has 1 heterocycles. The summed E-state index contributed by atoms with van der Waals surface area (Å²) in [6.07, 6.45) is -2.93. The average Bonchev–Trinajstić information content (AvgIpc) is 3.27. The first-order valence-corrected chi connectivity index (χ1v) is 7.24. The number of alkyl halides is 3. The summed E-state index contributed by atoms with van der Waals surface area (Å²) in [7, 11) is 1.42. The Hall–Kier alpha value is -2.42. The zero-order valence-corrected chi connectivity index (χ0v) is 12.7. The van der Waals surface area contributed by atoms with Gasteiger partial charge in [-0.25, -0.2) is 5.06 Å². The molecule has 1 fully saturated rings. The normalized spacial score (nSPS) is 14.7. The van der Waals surface area contributed by atoms with Gasteiger partial charge in [-0.1, -0.05) is 29.4 Å². The first kappa shape index (κ1) is 16.4. The largest absolute Gasteiger partial charge is 0.471 e. The van der Waals surface area contributed by atoms with E-state index in [1.807, 2.05) is 0 Å². The number of halogens is 3. The van der Waals surface area contributed by atoms with E-state index < -0.39 is 12.1 Å². The topological polar surface area (TPSA) is 68.5 Å². The fourth-order valence-corrected chi connectivity index (χ4v) is 2.15. The van der Waals surface area contributed by atoms with Crippen LogP contribution in [0.4, 0.5) is 13.2 Å². The third-order valence-corrected chi connectivity index (χ3v) is 3.60. The van der Waals surface area contributed by atoms with Crippen LogP contribution in [0.25, 0.3) is 11.4 Å². The number of rotatable bonds is 5. The zero-order chi connectivity index (χ0) is 17.3. The highest BCUT2D eigenvalue weighted by atomic mass is 19.4. The molecule has 128 valence electrons. The molecule has 1 amide bonds. The highest BCUT2D eigenvalue weighted by Gasteiger charge is 2.38. The van der Waals surface area contributed by atoms with Crippen LogP contribution in [-0.4, -0.2) is 28.2 Å². The van der Waals surface area contributed by atoms with Crippen LogP contribution in [0.1, 0.15) is 24.3 Å². The number of carbonyl (C=O) groups excluding carboxylic acids is 1. The van der Waals surface area contributed by atoms with Gasteiger partial charge in [-0.15, -0.1) is 0 Å². The maximum Gasteiger partial charge on any atom is 0.471 e. The van der Waals surface area contributed by atoms with Crippen LogP contribution in [0.15, 0.2) is 28.8 Å². The van der Waals surface area contributed by atoms with Crippen LogP contribution in [0.2, 0.25) is 0 Å². The van der Waals surface area contributed by atoms with Gasteiger partial charge in [-0.2, -0.15) is 18.2 Å². The van der Waals surface area contributed by atoms with E-state index in [4.69, 9.17) is 4.84 Å². The van der Waals surface area contributed by atoms with Crippen molar-refractivity contribution < 1.29 is 27.3 Å². The molecule has 0 bridgehead atoms. The first-order valence-electron chi connectivity index (χ1n) is 7.24. The monoisotopic (exact) mass is 341 g/mol. The molecule has 1 aliphatic carbocycles. The maximum absolute atomic E-state index is 12.5. The van der Waals surface area contributed by atoms with Gasteiger partial charge in [-0.3, -0.25) is 9.63 Å². The van der Waals surface area contributed by atoms with Crippen molar-refractivity contribution in [3.05, 3.63) is 35.7 Å². The fraction of sp³-hybridized carbons (Fsp3) is 0.400. The molecule has 0 atom stereocenters. The van der Waals surface area contributed by atoms with Gasteiger partial charge in [0, 0.05) is 11.5 Å². The molecule has 1 saturated carbocycles. The number of carbonyl (C=O) groups is 1. The van der Waals surface area contributed by atoms with Crippen molar-refractivity contribution >= 4 is 5.91 Å². The van der Waals surface area contributed by atoms with E-state index in [0.29, 0.717) is 5.56 Å². The van der Waals surface area contributed by atoms with Crippen LogP contribution < -0.4 is 0 Å². The SMILES string of the molecule is CON(Cc1ccc(-c2noc(C(F)(F)F)n2)cc1)C(=O)C1CC1. The Morgan fingerprint density at radius 2 is 2.00 bits per heavy atom. The third kappa shape index (κ3) is 3.56. The number of benzene rings is 1. The predicted molar refractivity (Wildman–Crippen MR) is 75.0 cm³/mol. The second kappa shape index (κ2) is 6.23.